The lowest BCUT2D eigenvalue weighted by Crippen LogP contribution is -2.36. The Labute approximate surface area is 202 Å². The van der Waals surface area contributed by atoms with Crippen LogP contribution in [0, 0.1) is 0 Å². The van der Waals surface area contributed by atoms with E-state index in [9.17, 15) is 4.79 Å². The van der Waals surface area contributed by atoms with Gasteiger partial charge in [-0.1, -0.05) is 71.8 Å². The topological polar surface area (TPSA) is 66.4 Å². The molecule has 0 saturated carbocycles. The molecule has 2 N–H and O–H groups in total. The number of nitrogens with zero attached hydrogens (tertiary/aromatic N) is 2. The lowest BCUT2D eigenvalue weighted by molar-refractivity contribution is -0.117. The largest absolute Gasteiger partial charge is 0.349 e. The Morgan fingerprint density at radius 2 is 1.91 bits per heavy atom. The third kappa shape index (κ3) is 5.51. The fourth-order valence-electron chi connectivity index (χ4n) is 3.55. The van der Waals surface area contributed by atoms with Crippen LogP contribution >= 0.6 is 23.2 Å². The van der Waals surface area contributed by atoms with Crippen LogP contribution < -0.4 is 10.6 Å². The molecule has 0 bridgehead atoms. The second-order valence-electron chi connectivity index (χ2n) is 7.48. The Bertz CT molecular complexity index is 1240. The number of carbonyl (C=O) groups excluding carboxylic acids is 1. The molecule has 1 amide bonds. The molecular formula is C26H22Cl2N4O. The summed E-state index contributed by atoms with van der Waals surface area (Å²) in [6.45, 7) is 2.25. The zero-order valence-corrected chi connectivity index (χ0v) is 19.4. The Balaban J connectivity index is 1.61. The summed E-state index contributed by atoms with van der Waals surface area (Å²) in [5, 5.41) is 7.09. The molecule has 4 rings (SSSR count). The second-order valence-corrected chi connectivity index (χ2v) is 8.30. The number of pyridine rings is 1. The Morgan fingerprint density at radius 1 is 1.09 bits per heavy atom. The highest BCUT2D eigenvalue weighted by Gasteiger charge is 2.29. The van der Waals surface area contributed by atoms with Gasteiger partial charge in [-0.3, -0.25) is 14.8 Å². The molecule has 1 aromatic heterocycles. The van der Waals surface area contributed by atoms with E-state index in [0.717, 1.165) is 16.7 Å². The first-order valence-corrected chi connectivity index (χ1v) is 11.2. The molecule has 0 fully saturated rings. The standard InChI is InChI=1S/C26H22Cl2N4O/c1-17-23(26(33)30-14-5-9-18-7-3-2-4-8-18)24(19-11-12-21(27)22(28)15-19)32-25(31-17)20-10-6-13-29-16-20/h2-13,15-16,24H,14H2,1H3,(H,30,33)(H,31,32). The van der Waals surface area contributed by atoms with Gasteiger partial charge in [0.2, 0.25) is 0 Å². The molecule has 0 saturated heterocycles. The summed E-state index contributed by atoms with van der Waals surface area (Å²) >= 11 is 12.4. The van der Waals surface area contributed by atoms with E-state index in [1.807, 2.05) is 67.6 Å². The van der Waals surface area contributed by atoms with Crippen LogP contribution in [-0.4, -0.2) is 23.3 Å². The summed E-state index contributed by atoms with van der Waals surface area (Å²) < 4.78 is 0. The first kappa shape index (κ1) is 22.8. The Kier molecular flexibility index (Phi) is 7.23. The number of hydrogen-bond acceptors (Lipinski definition) is 4. The normalized spacial score (nSPS) is 15.8. The van der Waals surface area contributed by atoms with Crippen LogP contribution in [0.3, 0.4) is 0 Å². The average Bonchev–Trinajstić information content (AvgIpc) is 2.84. The molecule has 2 aromatic carbocycles. The van der Waals surface area contributed by atoms with Gasteiger partial charge in [-0.15, -0.1) is 0 Å². The van der Waals surface area contributed by atoms with Crippen molar-refractivity contribution in [2.75, 3.05) is 6.54 Å². The van der Waals surface area contributed by atoms with Crippen molar-refractivity contribution >= 4 is 41.0 Å². The number of allylic oxidation sites excluding steroid dienone is 1. The molecule has 1 atom stereocenters. The molecule has 7 heteroatoms. The van der Waals surface area contributed by atoms with Crippen molar-refractivity contribution < 1.29 is 4.79 Å². The van der Waals surface area contributed by atoms with Crippen molar-refractivity contribution in [3.63, 3.8) is 0 Å². The number of amidine groups is 1. The number of rotatable bonds is 6. The summed E-state index contributed by atoms with van der Waals surface area (Å²) in [5.41, 5.74) is 3.91. The Morgan fingerprint density at radius 3 is 2.64 bits per heavy atom. The van der Waals surface area contributed by atoms with Gasteiger partial charge < -0.3 is 10.6 Å². The highest BCUT2D eigenvalue weighted by Crippen LogP contribution is 2.34. The SMILES string of the molecule is CC1=C(C(=O)NCC=Cc2ccccc2)C(c2ccc(Cl)c(Cl)c2)N=C(c2cccnc2)N1. The summed E-state index contributed by atoms with van der Waals surface area (Å²) in [4.78, 5) is 22.2. The van der Waals surface area contributed by atoms with E-state index < -0.39 is 6.04 Å². The Hall–Kier alpha value is -3.41. The van der Waals surface area contributed by atoms with E-state index in [2.05, 4.69) is 15.6 Å². The highest BCUT2D eigenvalue weighted by molar-refractivity contribution is 6.42. The summed E-state index contributed by atoms with van der Waals surface area (Å²) in [6, 6.07) is 18.4. The quantitative estimate of drug-likeness (QED) is 0.487. The van der Waals surface area contributed by atoms with Crippen molar-refractivity contribution in [3.05, 3.63) is 117 Å². The summed E-state index contributed by atoms with van der Waals surface area (Å²) in [5.74, 6) is 0.431. The van der Waals surface area contributed by atoms with Crippen molar-refractivity contribution in [1.82, 2.24) is 15.6 Å². The average molecular weight is 477 g/mol. The number of carbonyl (C=O) groups is 1. The smallest absolute Gasteiger partial charge is 0.251 e. The van der Waals surface area contributed by atoms with Crippen molar-refractivity contribution in [3.8, 4) is 0 Å². The molecule has 2 heterocycles. The minimum atomic E-state index is -0.547. The van der Waals surface area contributed by atoms with Gasteiger partial charge in [-0.05, 0) is 42.3 Å². The number of hydrogen-bond donors (Lipinski definition) is 2. The molecule has 3 aromatic rings. The zero-order chi connectivity index (χ0) is 23.2. The van der Waals surface area contributed by atoms with Crippen LogP contribution in [0.5, 0.6) is 0 Å². The molecule has 1 unspecified atom stereocenters. The maximum absolute atomic E-state index is 13.2. The first-order chi connectivity index (χ1) is 16.0. The number of aromatic nitrogens is 1. The molecule has 0 aliphatic carbocycles. The second kappa shape index (κ2) is 10.5. The zero-order valence-electron chi connectivity index (χ0n) is 17.9. The van der Waals surface area contributed by atoms with E-state index in [-0.39, 0.29) is 5.91 Å². The molecule has 33 heavy (non-hydrogen) atoms. The molecule has 5 nitrogen and oxygen atoms in total. The third-order valence-corrected chi connectivity index (χ3v) is 5.91. The third-order valence-electron chi connectivity index (χ3n) is 5.17. The van der Waals surface area contributed by atoms with Gasteiger partial charge in [0, 0.05) is 30.2 Å². The van der Waals surface area contributed by atoms with Gasteiger partial charge in [0.15, 0.2) is 0 Å². The van der Waals surface area contributed by atoms with Gasteiger partial charge in [0.05, 0.1) is 15.6 Å². The fraction of sp³-hybridized carbons (Fsp3) is 0.115. The summed E-state index contributed by atoms with van der Waals surface area (Å²) in [6.07, 6.45) is 7.31. The molecule has 0 radical (unpaired) electrons. The number of aliphatic imine (C=N–C) groups is 1. The van der Waals surface area contributed by atoms with Crippen LogP contribution in [-0.2, 0) is 4.79 Å². The number of nitrogens with one attached hydrogen (secondary N) is 2. The van der Waals surface area contributed by atoms with Crippen molar-refractivity contribution in [2.45, 2.75) is 13.0 Å². The van der Waals surface area contributed by atoms with Crippen molar-refractivity contribution in [2.24, 2.45) is 4.99 Å². The maximum atomic E-state index is 13.2. The van der Waals surface area contributed by atoms with Crippen LogP contribution in [0.4, 0.5) is 0 Å². The molecular weight excluding hydrogens is 455 g/mol. The minimum absolute atomic E-state index is 0.206. The van der Waals surface area contributed by atoms with Crippen LogP contribution in [0.25, 0.3) is 6.08 Å². The lowest BCUT2D eigenvalue weighted by Gasteiger charge is -2.27. The van der Waals surface area contributed by atoms with Gasteiger partial charge in [0.25, 0.3) is 5.91 Å². The monoisotopic (exact) mass is 476 g/mol. The highest BCUT2D eigenvalue weighted by atomic mass is 35.5. The van der Waals surface area contributed by atoms with Gasteiger partial charge in [-0.2, -0.15) is 0 Å². The van der Waals surface area contributed by atoms with Crippen LogP contribution in [0.2, 0.25) is 10.0 Å². The first-order valence-electron chi connectivity index (χ1n) is 10.4. The fourth-order valence-corrected chi connectivity index (χ4v) is 3.86. The number of benzene rings is 2. The van der Waals surface area contributed by atoms with E-state index in [4.69, 9.17) is 28.2 Å². The van der Waals surface area contributed by atoms with Gasteiger partial charge in [-0.25, -0.2) is 0 Å². The molecule has 166 valence electrons. The van der Waals surface area contributed by atoms with E-state index in [1.54, 1.807) is 24.5 Å². The van der Waals surface area contributed by atoms with Crippen LogP contribution in [0.15, 0.2) is 95.4 Å². The van der Waals surface area contributed by atoms with E-state index in [0.29, 0.717) is 33.7 Å². The van der Waals surface area contributed by atoms with E-state index >= 15 is 0 Å². The maximum Gasteiger partial charge on any atom is 0.251 e. The lowest BCUT2D eigenvalue weighted by atomic mass is 9.95. The van der Waals surface area contributed by atoms with Gasteiger partial charge in [0.1, 0.15) is 11.9 Å². The van der Waals surface area contributed by atoms with Gasteiger partial charge >= 0.3 is 0 Å². The van der Waals surface area contributed by atoms with Crippen molar-refractivity contribution in [1.29, 1.82) is 0 Å². The van der Waals surface area contributed by atoms with E-state index in [1.165, 1.54) is 0 Å². The minimum Gasteiger partial charge on any atom is -0.349 e. The van der Waals surface area contributed by atoms with Crippen LogP contribution in [0.1, 0.15) is 29.7 Å². The predicted molar refractivity (Wildman–Crippen MR) is 134 cm³/mol. The number of halogens is 2. The predicted octanol–water partition coefficient (Wildman–Crippen LogP) is 5.58. The number of amides is 1. The summed E-state index contributed by atoms with van der Waals surface area (Å²) in [7, 11) is 0. The molecule has 1 aliphatic heterocycles. The molecule has 0 spiro atoms. The molecule has 1 aliphatic rings.